The first kappa shape index (κ1) is 15.4. The van der Waals surface area contributed by atoms with Crippen LogP contribution in [0.25, 0.3) is 0 Å². The number of nitrogens with one attached hydrogen (secondary N) is 2. The second kappa shape index (κ2) is 5.21. The van der Waals surface area contributed by atoms with E-state index in [-0.39, 0.29) is 11.1 Å². The third kappa shape index (κ3) is 1.50. The predicted octanol–water partition coefficient (Wildman–Crippen LogP) is 4.88. The number of rotatable bonds is 2. The minimum atomic E-state index is 0.0851. The average molecular weight is 345 g/mol. The normalized spacial score (nSPS) is 39.5. The highest BCUT2D eigenvalue weighted by molar-refractivity contribution is 5.46. The van der Waals surface area contributed by atoms with E-state index in [1.807, 2.05) is 0 Å². The molecule has 2 N–H and O–H groups in total. The van der Waals surface area contributed by atoms with Gasteiger partial charge in [0, 0.05) is 5.41 Å². The second-order valence-corrected chi connectivity index (χ2v) is 9.03. The Kier molecular flexibility index (Phi) is 3.09. The first-order valence-corrected chi connectivity index (χ1v) is 10.5. The van der Waals surface area contributed by atoms with Crippen molar-refractivity contribution in [1.82, 2.24) is 10.9 Å². The van der Waals surface area contributed by atoms with Crippen molar-refractivity contribution in [3.63, 3.8) is 0 Å². The molecule has 0 aromatic heterocycles. The highest BCUT2D eigenvalue weighted by Gasteiger charge is 2.80. The summed E-state index contributed by atoms with van der Waals surface area (Å²) in [5.74, 6) is 1.48. The minimum absolute atomic E-state index is 0.0851. The fourth-order valence-corrected chi connectivity index (χ4v) is 7.93. The van der Waals surface area contributed by atoms with Gasteiger partial charge in [0.1, 0.15) is 0 Å². The van der Waals surface area contributed by atoms with Crippen LogP contribution < -0.4 is 10.9 Å². The van der Waals surface area contributed by atoms with Crippen molar-refractivity contribution in [3.05, 3.63) is 71.8 Å². The van der Waals surface area contributed by atoms with Gasteiger partial charge in [0.25, 0.3) is 0 Å². The molecule has 4 fully saturated rings. The lowest BCUT2D eigenvalue weighted by Gasteiger charge is -2.46. The van der Waals surface area contributed by atoms with E-state index in [1.54, 1.807) is 0 Å². The Labute approximate surface area is 156 Å². The molecule has 4 aliphatic rings. The zero-order valence-corrected chi connectivity index (χ0v) is 15.4. The summed E-state index contributed by atoms with van der Waals surface area (Å²) in [4.78, 5) is 0. The number of hydrogen-bond acceptors (Lipinski definition) is 2. The maximum Gasteiger partial charge on any atom is 0.0681 e. The van der Waals surface area contributed by atoms with Crippen LogP contribution >= 0.6 is 0 Å². The summed E-state index contributed by atoms with van der Waals surface area (Å²) in [7, 11) is 0. The average Bonchev–Trinajstić information content (AvgIpc) is 3.47. The Morgan fingerprint density at radius 3 is 1.54 bits per heavy atom. The van der Waals surface area contributed by atoms with Crippen molar-refractivity contribution in [3.8, 4) is 0 Å². The van der Waals surface area contributed by atoms with Gasteiger partial charge < -0.3 is 0 Å². The standard InChI is InChI=1S/C24H28N2/c1-3-10-18(11-4-1)23-20-14-9-15-21(20)24(26-25-23,19-12-5-2-6-13-19)22(23)16-7-8-17-22/h1-6,10-13,20-21,25-26H,7-9,14-17H2/t20-,21+,23?,24?. The molecule has 2 heteroatoms. The Hall–Kier alpha value is -1.64. The molecule has 2 aromatic carbocycles. The van der Waals surface area contributed by atoms with Crippen LogP contribution in [0.5, 0.6) is 0 Å². The lowest BCUT2D eigenvalue weighted by atomic mass is 9.58. The van der Waals surface area contributed by atoms with Crippen molar-refractivity contribution < 1.29 is 0 Å². The van der Waals surface area contributed by atoms with Crippen LogP contribution in [0, 0.1) is 17.3 Å². The van der Waals surface area contributed by atoms with Crippen molar-refractivity contribution in [1.29, 1.82) is 0 Å². The van der Waals surface area contributed by atoms with Gasteiger partial charge in [-0.25, -0.2) is 10.9 Å². The van der Waals surface area contributed by atoms with E-state index in [2.05, 4.69) is 71.5 Å². The molecule has 26 heavy (non-hydrogen) atoms. The molecule has 0 radical (unpaired) electrons. The van der Waals surface area contributed by atoms with E-state index in [1.165, 1.54) is 56.1 Å². The van der Waals surface area contributed by atoms with Crippen LogP contribution in [0.1, 0.15) is 56.1 Å². The number of hydrazine groups is 1. The molecule has 4 atom stereocenters. The van der Waals surface area contributed by atoms with Gasteiger partial charge in [-0.05, 0) is 48.6 Å². The molecule has 6 rings (SSSR count). The molecule has 1 aliphatic heterocycles. The fraction of sp³-hybridized carbons (Fsp3) is 0.500. The minimum Gasteiger partial charge on any atom is -0.245 e. The highest BCUT2D eigenvalue weighted by Crippen LogP contribution is 2.77. The Morgan fingerprint density at radius 2 is 1.08 bits per heavy atom. The van der Waals surface area contributed by atoms with Gasteiger partial charge >= 0.3 is 0 Å². The van der Waals surface area contributed by atoms with Crippen molar-refractivity contribution in [2.75, 3.05) is 0 Å². The summed E-state index contributed by atoms with van der Waals surface area (Å²) < 4.78 is 0. The zero-order valence-electron chi connectivity index (χ0n) is 15.4. The van der Waals surface area contributed by atoms with Gasteiger partial charge in [0.15, 0.2) is 0 Å². The fourth-order valence-electron chi connectivity index (χ4n) is 7.93. The Bertz CT molecular complexity index is 747. The monoisotopic (exact) mass is 344 g/mol. The van der Waals surface area contributed by atoms with Gasteiger partial charge in [-0.2, -0.15) is 0 Å². The molecular formula is C24H28N2. The molecule has 2 unspecified atom stereocenters. The molecular weight excluding hydrogens is 316 g/mol. The second-order valence-electron chi connectivity index (χ2n) is 9.03. The van der Waals surface area contributed by atoms with E-state index in [4.69, 9.17) is 0 Å². The van der Waals surface area contributed by atoms with Gasteiger partial charge in [-0.1, -0.05) is 79.9 Å². The van der Waals surface area contributed by atoms with Crippen LogP contribution in [-0.4, -0.2) is 0 Å². The first-order valence-electron chi connectivity index (χ1n) is 10.5. The smallest absolute Gasteiger partial charge is 0.0681 e. The quantitative estimate of drug-likeness (QED) is 0.812. The van der Waals surface area contributed by atoms with Gasteiger partial charge in [0.2, 0.25) is 0 Å². The maximum atomic E-state index is 3.98. The molecule has 1 heterocycles. The van der Waals surface area contributed by atoms with Crippen molar-refractivity contribution in [2.24, 2.45) is 17.3 Å². The molecule has 1 saturated heterocycles. The Balaban J connectivity index is 1.66. The Morgan fingerprint density at radius 1 is 0.615 bits per heavy atom. The summed E-state index contributed by atoms with van der Waals surface area (Å²) in [5, 5.41) is 0. The van der Waals surface area contributed by atoms with E-state index in [0.29, 0.717) is 5.41 Å². The van der Waals surface area contributed by atoms with Gasteiger partial charge in [-0.3, -0.25) is 0 Å². The van der Waals surface area contributed by atoms with Crippen LogP contribution in [0.4, 0.5) is 0 Å². The summed E-state index contributed by atoms with van der Waals surface area (Å²) in [6.45, 7) is 0. The van der Waals surface area contributed by atoms with Crippen LogP contribution in [0.3, 0.4) is 0 Å². The SMILES string of the molecule is c1ccc(C23NNC(c4ccccc4)([C@H]4CCC[C@H]42)C32CCCC2)cc1. The first-order chi connectivity index (χ1) is 12.9. The van der Waals surface area contributed by atoms with E-state index in [0.717, 1.165) is 11.8 Å². The summed E-state index contributed by atoms with van der Waals surface area (Å²) in [6, 6.07) is 22.8. The number of benzene rings is 2. The third-order valence-corrected chi connectivity index (χ3v) is 8.51. The predicted molar refractivity (Wildman–Crippen MR) is 104 cm³/mol. The topological polar surface area (TPSA) is 24.1 Å². The van der Waals surface area contributed by atoms with E-state index >= 15 is 0 Å². The molecule has 2 bridgehead atoms. The summed E-state index contributed by atoms with van der Waals surface area (Å²) in [5.41, 5.74) is 11.4. The number of hydrogen-bond donors (Lipinski definition) is 2. The van der Waals surface area contributed by atoms with Crippen LogP contribution in [-0.2, 0) is 11.1 Å². The lowest BCUT2D eigenvalue weighted by Crippen LogP contribution is -2.56. The van der Waals surface area contributed by atoms with E-state index in [9.17, 15) is 0 Å². The third-order valence-electron chi connectivity index (χ3n) is 8.51. The van der Waals surface area contributed by atoms with Crippen LogP contribution in [0.15, 0.2) is 60.7 Å². The molecule has 134 valence electrons. The number of fused-ring (bicyclic) bond motifs is 3. The largest absolute Gasteiger partial charge is 0.245 e. The van der Waals surface area contributed by atoms with E-state index < -0.39 is 0 Å². The molecule has 3 saturated carbocycles. The summed E-state index contributed by atoms with van der Waals surface area (Å²) >= 11 is 0. The molecule has 2 nitrogen and oxygen atoms in total. The highest BCUT2D eigenvalue weighted by atomic mass is 15.5. The zero-order chi connectivity index (χ0) is 17.2. The molecule has 0 amide bonds. The lowest BCUT2D eigenvalue weighted by molar-refractivity contribution is 0.101. The van der Waals surface area contributed by atoms with Crippen molar-refractivity contribution in [2.45, 2.75) is 56.0 Å². The van der Waals surface area contributed by atoms with Gasteiger partial charge in [-0.15, -0.1) is 0 Å². The molecule has 2 aromatic rings. The molecule has 1 spiro atoms. The molecule has 3 aliphatic carbocycles. The van der Waals surface area contributed by atoms with Crippen molar-refractivity contribution >= 4 is 0 Å². The maximum absolute atomic E-state index is 3.98. The van der Waals surface area contributed by atoms with Gasteiger partial charge in [0.05, 0.1) is 11.1 Å². The van der Waals surface area contributed by atoms with Crippen LogP contribution in [0.2, 0.25) is 0 Å². The summed E-state index contributed by atoms with van der Waals surface area (Å²) in [6.07, 6.45) is 9.51.